The Morgan fingerprint density at radius 3 is 2.61 bits per heavy atom. The van der Waals surface area contributed by atoms with Crippen LogP contribution in [0.3, 0.4) is 0 Å². The number of hydrogen-bond donors (Lipinski definition) is 2. The zero-order valence-corrected chi connectivity index (χ0v) is 16.3. The summed E-state index contributed by atoms with van der Waals surface area (Å²) < 4.78 is 32.7. The number of amides is 4. The number of carbonyl (C=O) groups excluding carboxylic acids is 3. The van der Waals surface area contributed by atoms with Gasteiger partial charge < -0.3 is 15.4 Å². The number of imide groups is 1. The fourth-order valence-electron chi connectivity index (χ4n) is 3.13. The van der Waals surface area contributed by atoms with Crippen LogP contribution in [0.1, 0.15) is 12.5 Å². The minimum absolute atomic E-state index is 0.179. The van der Waals surface area contributed by atoms with Crippen LogP contribution in [0, 0.1) is 21.7 Å². The van der Waals surface area contributed by atoms with Gasteiger partial charge in [0.1, 0.15) is 35.2 Å². The first kappa shape index (κ1) is 21.6. The summed E-state index contributed by atoms with van der Waals surface area (Å²) in [5.41, 5.74) is -2.98. The lowest BCUT2D eigenvalue weighted by Gasteiger charge is -2.22. The van der Waals surface area contributed by atoms with Gasteiger partial charge in [0, 0.05) is 5.56 Å². The Morgan fingerprint density at radius 2 is 1.97 bits per heavy atom. The number of benzene rings is 2. The van der Waals surface area contributed by atoms with Gasteiger partial charge in [0.25, 0.3) is 11.6 Å². The number of nitrogens with one attached hydrogen (secondary N) is 2. The first-order chi connectivity index (χ1) is 14.6. The van der Waals surface area contributed by atoms with E-state index in [0.29, 0.717) is 4.90 Å². The molecular weight excluding hydrogens is 418 g/mol. The molecule has 0 aliphatic carbocycles. The average molecular weight is 434 g/mol. The van der Waals surface area contributed by atoms with E-state index in [2.05, 4.69) is 10.6 Å². The van der Waals surface area contributed by atoms with Gasteiger partial charge in [-0.1, -0.05) is 0 Å². The lowest BCUT2D eigenvalue weighted by Crippen LogP contribution is -2.42. The molecule has 1 aliphatic rings. The van der Waals surface area contributed by atoms with Crippen molar-refractivity contribution in [3.05, 3.63) is 63.7 Å². The average Bonchev–Trinajstić information content (AvgIpc) is 2.93. The third kappa shape index (κ3) is 3.99. The third-order valence-corrected chi connectivity index (χ3v) is 4.72. The second kappa shape index (κ2) is 7.97. The number of nitro groups is 1. The minimum atomic E-state index is -1.93. The lowest BCUT2D eigenvalue weighted by molar-refractivity contribution is -0.384. The van der Waals surface area contributed by atoms with E-state index in [9.17, 15) is 33.3 Å². The van der Waals surface area contributed by atoms with E-state index >= 15 is 0 Å². The van der Waals surface area contributed by atoms with Crippen molar-refractivity contribution in [1.29, 1.82) is 0 Å². The Morgan fingerprint density at radius 1 is 1.26 bits per heavy atom. The zero-order valence-electron chi connectivity index (χ0n) is 16.3. The van der Waals surface area contributed by atoms with E-state index < -0.39 is 57.7 Å². The number of nitro benzene ring substituents is 1. The van der Waals surface area contributed by atoms with Gasteiger partial charge in [-0.15, -0.1) is 0 Å². The van der Waals surface area contributed by atoms with Crippen molar-refractivity contribution in [3.63, 3.8) is 0 Å². The van der Waals surface area contributed by atoms with Crippen molar-refractivity contribution in [1.82, 2.24) is 10.2 Å². The molecule has 1 saturated heterocycles. The van der Waals surface area contributed by atoms with E-state index in [1.807, 2.05) is 0 Å². The van der Waals surface area contributed by atoms with E-state index in [1.165, 1.54) is 26.2 Å². The molecular formula is C19H16F2N4O6. The number of nitrogens with zero attached hydrogens (tertiary/aromatic N) is 2. The normalized spacial score (nSPS) is 18.0. The zero-order chi connectivity index (χ0) is 22.9. The predicted octanol–water partition coefficient (Wildman–Crippen LogP) is 2.29. The number of hydrogen-bond acceptors (Lipinski definition) is 6. The van der Waals surface area contributed by atoms with Gasteiger partial charge in [-0.25, -0.2) is 13.6 Å². The molecule has 1 heterocycles. The van der Waals surface area contributed by atoms with Crippen LogP contribution in [0.25, 0.3) is 0 Å². The molecule has 31 heavy (non-hydrogen) atoms. The molecule has 3 rings (SSSR count). The second-order valence-electron chi connectivity index (χ2n) is 6.76. The van der Waals surface area contributed by atoms with Crippen LogP contribution >= 0.6 is 0 Å². The number of urea groups is 1. The van der Waals surface area contributed by atoms with Crippen molar-refractivity contribution in [2.24, 2.45) is 0 Å². The highest BCUT2D eigenvalue weighted by Crippen LogP contribution is 2.32. The molecule has 1 atom stereocenters. The van der Waals surface area contributed by atoms with Crippen LogP contribution in [-0.4, -0.2) is 41.3 Å². The summed E-state index contributed by atoms with van der Waals surface area (Å²) in [6, 6.07) is 5.14. The van der Waals surface area contributed by atoms with Crippen LogP contribution in [0.5, 0.6) is 5.75 Å². The van der Waals surface area contributed by atoms with Gasteiger partial charge in [-0.05, 0) is 37.3 Å². The van der Waals surface area contributed by atoms with Gasteiger partial charge >= 0.3 is 6.03 Å². The van der Waals surface area contributed by atoms with Gasteiger partial charge in [0.15, 0.2) is 0 Å². The molecule has 0 unspecified atom stereocenters. The largest absolute Gasteiger partial charge is 0.496 e. The highest BCUT2D eigenvalue weighted by atomic mass is 19.1. The Balaban J connectivity index is 1.81. The van der Waals surface area contributed by atoms with Crippen LogP contribution in [0.4, 0.5) is 25.0 Å². The summed E-state index contributed by atoms with van der Waals surface area (Å²) in [6.07, 6.45) is 0. The summed E-state index contributed by atoms with van der Waals surface area (Å²) in [5, 5.41) is 15.7. The maximum absolute atomic E-state index is 14.2. The number of halogens is 2. The molecule has 0 aromatic heterocycles. The molecule has 4 amide bonds. The fourth-order valence-corrected chi connectivity index (χ4v) is 3.13. The van der Waals surface area contributed by atoms with Crippen LogP contribution in [-0.2, 0) is 15.1 Å². The van der Waals surface area contributed by atoms with E-state index in [4.69, 9.17) is 4.74 Å². The third-order valence-electron chi connectivity index (χ3n) is 4.72. The van der Waals surface area contributed by atoms with E-state index in [1.54, 1.807) is 0 Å². The fraction of sp³-hybridized carbons (Fsp3) is 0.211. The summed E-state index contributed by atoms with van der Waals surface area (Å²) in [7, 11) is 1.31. The molecule has 0 bridgehead atoms. The standard InChI is InChI=1S/C19H16F2N4O6/c1-19(12-7-10(20)3-5-13(12)21)17(27)24(18(28)23-19)9-16(26)22-14-6-4-11(31-2)8-15(14)25(29)30/h3-8H,9H2,1-2H3,(H,22,26)(H,23,28)/t19-/m1/s1. The van der Waals surface area contributed by atoms with Crippen LogP contribution in [0.15, 0.2) is 36.4 Å². The van der Waals surface area contributed by atoms with Crippen molar-refractivity contribution < 1.29 is 32.8 Å². The molecule has 1 aliphatic heterocycles. The first-order valence-corrected chi connectivity index (χ1v) is 8.78. The molecule has 12 heteroatoms. The molecule has 2 aromatic rings. The van der Waals surface area contributed by atoms with Crippen molar-refractivity contribution in [2.75, 3.05) is 19.0 Å². The molecule has 10 nitrogen and oxygen atoms in total. The minimum Gasteiger partial charge on any atom is -0.496 e. The summed E-state index contributed by atoms with van der Waals surface area (Å²) in [5.74, 6) is -3.45. The van der Waals surface area contributed by atoms with E-state index in [0.717, 1.165) is 24.3 Å². The number of anilines is 1. The number of methoxy groups -OCH3 is 1. The highest BCUT2D eigenvalue weighted by molar-refractivity contribution is 6.10. The maximum atomic E-state index is 14.2. The quantitative estimate of drug-likeness (QED) is 0.408. The summed E-state index contributed by atoms with van der Waals surface area (Å²) in [4.78, 5) is 48.5. The van der Waals surface area contributed by atoms with E-state index in [-0.39, 0.29) is 11.4 Å². The van der Waals surface area contributed by atoms with Crippen molar-refractivity contribution >= 4 is 29.2 Å². The Hall–Kier alpha value is -4.09. The molecule has 1 fully saturated rings. The molecule has 0 saturated carbocycles. The van der Waals surface area contributed by atoms with Crippen LogP contribution < -0.4 is 15.4 Å². The number of ether oxygens (including phenoxy) is 1. The Labute approximate surface area is 173 Å². The molecule has 2 aromatic carbocycles. The molecule has 162 valence electrons. The highest BCUT2D eigenvalue weighted by Gasteiger charge is 2.50. The first-order valence-electron chi connectivity index (χ1n) is 8.78. The number of rotatable bonds is 6. The van der Waals surface area contributed by atoms with Gasteiger partial charge in [-0.3, -0.25) is 24.6 Å². The number of carbonyl (C=O) groups is 3. The maximum Gasteiger partial charge on any atom is 0.325 e. The smallest absolute Gasteiger partial charge is 0.325 e. The predicted molar refractivity (Wildman–Crippen MR) is 102 cm³/mol. The van der Waals surface area contributed by atoms with Crippen molar-refractivity contribution in [3.8, 4) is 5.75 Å². The molecule has 2 N–H and O–H groups in total. The SMILES string of the molecule is COc1ccc(NC(=O)CN2C(=O)N[C@](C)(c3cc(F)ccc3F)C2=O)c([N+](=O)[O-])c1. The lowest BCUT2D eigenvalue weighted by atomic mass is 9.91. The van der Waals surface area contributed by atoms with Gasteiger partial charge in [-0.2, -0.15) is 0 Å². The van der Waals surface area contributed by atoms with Gasteiger partial charge in [0.2, 0.25) is 5.91 Å². The summed E-state index contributed by atoms with van der Waals surface area (Å²) in [6.45, 7) is 0.373. The topological polar surface area (TPSA) is 131 Å². The monoisotopic (exact) mass is 434 g/mol. The second-order valence-corrected chi connectivity index (χ2v) is 6.76. The molecule has 0 radical (unpaired) electrons. The Kier molecular flexibility index (Phi) is 5.56. The van der Waals surface area contributed by atoms with Gasteiger partial charge in [0.05, 0.1) is 18.1 Å². The van der Waals surface area contributed by atoms with Crippen molar-refractivity contribution in [2.45, 2.75) is 12.5 Å². The Bertz CT molecular complexity index is 1110. The summed E-state index contributed by atoms with van der Waals surface area (Å²) >= 11 is 0. The van der Waals surface area contributed by atoms with Crippen LogP contribution in [0.2, 0.25) is 0 Å². The molecule has 0 spiro atoms.